The molecule has 2 aliphatic heterocycles. The number of benzene rings is 2. The van der Waals surface area contributed by atoms with Gasteiger partial charge in [0.15, 0.2) is 0 Å². The lowest BCUT2D eigenvalue weighted by atomic mass is 10.1. The first-order valence-electron chi connectivity index (χ1n) is 11.1. The zero-order valence-electron chi connectivity index (χ0n) is 18.7. The van der Waals surface area contributed by atoms with E-state index in [2.05, 4.69) is 20.6 Å². The van der Waals surface area contributed by atoms with Crippen molar-refractivity contribution in [2.75, 3.05) is 30.9 Å². The number of ether oxygens (including phenoxy) is 1. The second kappa shape index (κ2) is 9.13. The number of para-hydroxylation sites is 1. The van der Waals surface area contributed by atoms with Crippen LogP contribution in [0.1, 0.15) is 18.4 Å². The maximum absolute atomic E-state index is 13.1. The Morgan fingerprint density at radius 1 is 1.18 bits per heavy atom. The summed E-state index contributed by atoms with van der Waals surface area (Å²) in [5.41, 5.74) is 3.62. The van der Waals surface area contributed by atoms with Crippen LogP contribution >= 0.6 is 0 Å². The monoisotopic (exact) mass is 479 g/mol. The summed E-state index contributed by atoms with van der Waals surface area (Å²) in [5.74, 6) is 0.247. The molecule has 1 saturated heterocycles. The van der Waals surface area contributed by atoms with Crippen LogP contribution in [0.5, 0.6) is 0 Å². The molecule has 2 N–H and O–H groups in total. The summed E-state index contributed by atoms with van der Waals surface area (Å²) in [6, 6.07) is 13.9. The lowest BCUT2D eigenvalue weighted by Gasteiger charge is -2.23. The van der Waals surface area contributed by atoms with E-state index in [1.54, 1.807) is 37.6 Å². The van der Waals surface area contributed by atoms with Gasteiger partial charge in [0, 0.05) is 42.7 Å². The van der Waals surface area contributed by atoms with Crippen molar-refractivity contribution in [1.29, 1.82) is 0 Å². The number of hydrogen-bond acceptors (Lipinski definition) is 7. The summed E-state index contributed by atoms with van der Waals surface area (Å²) in [7, 11) is -2.01. The van der Waals surface area contributed by atoms with Crippen LogP contribution < -0.4 is 10.6 Å². The molecule has 0 aliphatic carbocycles. The molecule has 2 aliphatic rings. The summed E-state index contributed by atoms with van der Waals surface area (Å²) in [6.45, 7) is 0.886. The van der Waals surface area contributed by atoms with Gasteiger partial charge in [-0.25, -0.2) is 18.4 Å². The number of methoxy groups -OCH3 is 1. The van der Waals surface area contributed by atoms with Gasteiger partial charge in [0.25, 0.3) is 0 Å². The molecule has 34 heavy (non-hydrogen) atoms. The Morgan fingerprint density at radius 3 is 2.76 bits per heavy atom. The molecule has 1 fully saturated rings. The van der Waals surface area contributed by atoms with Crippen LogP contribution in [0.4, 0.5) is 17.3 Å². The van der Waals surface area contributed by atoms with Gasteiger partial charge in [0.2, 0.25) is 21.9 Å². The fraction of sp³-hybridized carbons (Fsp3) is 0.292. The molecule has 176 valence electrons. The first-order valence-corrected chi connectivity index (χ1v) is 12.5. The van der Waals surface area contributed by atoms with Gasteiger partial charge in [-0.2, -0.15) is 4.31 Å². The molecule has 0 bridgehead atoms. The number of carbonyl (C=O) groups is 1. The van der Waals surface area contributed by atoms with Crippen LogP contribution in [0, 0.1) is 0 Å². The van der Waals surface area contributed by atoms with Gasteiger partial charge in [-0.1, -0.05) is 18.2 Å². The topological polar surface area (TPSA) is 114 Å². The Morgan fingerprint density at radius 2 is 1.97 bits per heavy atom. The van der Waals surface area contributed by atoms with E-state index in [9.17, 15) is 13.2 Å². The molecule has 1 amide bonds. The highest BCUT2D eigenvalue weighted by Gasteiger charge is 2.35. The molecule has 1 atom stereocenters. The highest BCUT2D eigenvalue weighted by molar-refractivity contribution is 7.89. The molecular weight excluding hydrogens is 454 g/mol. The number of nitrogens with one attached hydrogen (secondary N) is 2. The average Bonchev–Trinajstić information content (AvgIpc) is 3.25. The van der Waals surface area contributed by atoms with Gasteiger partial charge in [0.05, 0.1) is 29.3 Å². The van der Waals surface area contributed by atoms with E-state index in [0.29, 0.717) is 36.2 Å². The molecule has 0 spiro atoms. The normalized spacial score (nSPS) is 18.0. The third kappa shape index (κ3) is 4.27. The molecule has 5 rings (SSSR count). The van der Waals surface area contributed by atoms with Crippen molar-refractivity contribution in [2.24, 2.45) is 0 Å². The average molecular weight is 480 g/mol. The number of rotatable bonds is 6. The second-order valence-electron chi connectivity index (χ2n) is 8.35. The summed E-state index contributed by atoms with van der Waals surface area (Å²) in [5, 5.41) is 6.03. The van der Waals surface area contributed by atoms with Crippen LogP contribution in [0.2, 0.25) is 0 Å². The van der Waals surface area contributed by atoms with Crippen molar-refractivity contribution in [2.45, 2.75) is 30.2 Å². The van der Waals surface area contributed by atoms with E-state index in [1.165, 1.54) is 4.31 Å². The number of aromatic nitrogens is 2. The van der Waals surface area contributed by atoms with Crippen molar-refractivity contribution in [1.82, 2.24) is 14.3 Å². The van der Waals surface area contributed by atoms with E-state index in [0.717, 1.165) is 24.0 Å². The largest absolute Gasteiger partial charge is 0.383 e. The Kier molecular flexibility index (Phi) is 6.03. The SMILES string of the molecule is COC[C@@H]1CCCN1S(=O)(=O)c1ccc(Nc2ncc3c(n2)-c2ccccc2NC(=O)C3)cc1. The predicted octanol–water partition coefficient (Wildman–Crippen LogP) is 3.18. The van der Waals surface area contributed by atoms with Crippen LogP contribution in [0.3, 0.4) is 0 Å². The van der Waals surface area contributed by atoms with Crippen LogP contribution in [-0.4, -0.2) is 54.9 Å². The number of amides is 1. The van der Waals surface area contributed by atoms with Gasteiger partial charge in [0.1, 0.15) is 0 Å². The maximum atomic E-state index is 13.1. The Labute approximate surface area is 198 Å². The Balaban J connectivity index is 1.39. The molecule has 3 aromatic rings. The van der Waals surface area contributed by atoms with E-state index in [1.807, 2.05) is 24.3 Å². The number of carbonyl (C=O) groups excluding carboxylic acids is 1. The molecule has 9 nitrogen and oxygen atoms in total. The van der Waals surface area contributed by atoms with Gasteiger partial charge in [-0.3, -0.25) is 4.79 Å². The third-order valence-electron chi connectivity index (χ3n) is 6.07. The summed E-state index contributed by atoms with van der Waals surface area (Å²) < 4.78 is 33.0. The fourth-order valence-corrected chi connectivity index (χ4v) is 6.13. The minimum absolute atomic E-state index is 0.113. The zero-order chi connectivity index (χ0) is 23.7. The smallest absolute Gasteiger partial charge is 0.243 e. The van der Waals surface area contributed by atoms with Crippen LogP contribution in [0.25, 0.3) is 11.3 Å². The minimum atomic E-state index is -3.60. The first-order chi connectivity index (χ1) is 16.5. The lowest BCUT2D eigenvalue weighted by Crippen LogP contribution is -2.38. The number of nitrogens with zero attached hydrogens (tertiary/aromatic N) is 3. The first kappa shape index (κ1) is 22.5. The minimum Gasteiger partial charge on any atom is -0.383 e. The van der Waals surface area contributed by atoms with Crippen molar-refractivity contribution < 1.29 is 17.9 Å². The highest BCUT2D eigenvalue weighted by Crippen LogP contribution is 2.33. The molecule has 3 heterocycles. The summed E-state index contributed by atoms with van der Waals surface area (Å²) in [4.78, 5) is 21.5. The molecule has 1 aromatic heterocycles. The van der Waals surface area contributed by atoms with Gasteiger partial charge < -0.3 is 15.4 Å². The van der Waals surface area contributed by atoms with Crippen molar-refractivity contribution >= 4 is 33.3 Å². The quantitative estimate of drug-likeness (QED) is 0.558. The van der Waals surface area contributed by atoms with Gasteiger partial charge in [-0.05, 0) is 43.2 Å². The van der Waals surface area contributed by atoms with E-state index >= 15 is 0 Å². The van der Waals surface area contributed by atoms with Crippen LogP contribution in [0.15, 0.2) is 59.6 Å². The van der Waals surface area contributed by atoms with E-state index in [-0.39, 0.29) is 23.3 Å². The number of sulfonamides is 1. The highest BCUT2D eigenvalue weighted by atomic mass is 32.2. The van der Waals surface area contributed by atoms with Gasteiger partial charge in [-0.15, -0.1) is 0 Å². The molecule has 0 saturated carbocycles. The zero-order valence-corrected chi connectivity index (χ0v) is 19.5. The fourth-order valence-electron chi connectivity index (χ4n) is 4.45. The van der Waals surface area contributed by atoms with Crippen molar-refractivity contribution in [3.05, 3.63) is 60.3 Å². The third-order valence-corrected chi connectivity index (χ3v) is 8.04. The molecule has 2 aromatic carbocycles. The lowest BCUT2D eigenvalue weighted by molar-refractivity contribution is -0.115. The van der Waals surface area contributed by atoms with Crippen LogP contribution in [-0.2, 0) is 26.0 Å². The second-order valence-corrected chi connectivity index (χ2v) is 10.2. The van der Waals surface area contributed by atoms with Crippen molar-refractivity contribution in [3.8, 4) is 11.3 Å². The number of hydrogen-bond donors (Lipinski definition) is 2. The molecule has 0 radical (unpaired) electrons. The molecule has 10 heteroatoms. The molecular formula is C24H25N5O4S. The maximum Gasteiger partial charge on any atom is 0.243 e. The van der Waals surface area contributed by atoms with Gasteiger partial charge >= 0.3 is 0 Å². The standard InChI is InChI=1S/C24H25N5O4S/c1-33-15-18-5-4-12-29(18)34(31,32)19-10-8-17(9-11-19)26-24-25-14-16-13-22(30)27-21-7-3-2-6-20(21)23(16)28-24/h2-3,6-11,14,18H,4-5,12-13,15H2,1H3,(H,27,30)(H,25,26,28)/t18-/m0/s1. The number of anilines is 3. The Hall–Kier alpha value is -3.34. The Bertz CT molecular complexity index is 1330. The predicted molar refractivity (Wildman–Crippen MR) is 128 cm³/mol. The van der Waals surface area contributed by atoms with Crippen molar-refractivity contribution in [3.63, 3.8) is 0 Å². The number of fused-ring (bicyclic) bond motifs is 3. The molecule has 0 unspecified atom stereocenters. The van der Waals surface area contributed by atoms with E-state index in [4.69, 9.17) is 4.74 Å². The summed E-state index contributed by atoms with van der Waals surface area (Å²) in [6.07, 6.45) is 3.46. The summed E-state index contributed by atoms with van der Waals surface area (Å²) >= 11 is 0. The van der Waals surface area contributed by atoms with E-state index < -0.39 is 10.0 Å².